The van der Waals surface area contributed by atoms with E-state index in [1.54, 1.807) is 6.20 Å². The van der Waals surface area contributed by atoms with Crippen LogP contribution in [0.25, 0.3) is 0 Å². The Morgan fingerprint density at radius 3 is 2.88 bits per heavy atom. The van der Waals surface area contributed by atoms with Gasteiger partial charge in [0, 0.05) is 18.3 Å². The molecule has 2 heterocycles. The number of amides is 1. The fourth-order valence-electron chi connectivity index (χ4n) is 2.49. The summed E-state index contributed by atoms with van der Waals surface area (Å²) in [5.41, 5.74) is 0.681. The second kappa shape index (κ2) is 5.17. The molecule has 92 valence electrons. The summed E-state index contributed by atoms with van der Waals surface area (Å²) in [5.74, 6) is 0.113. The molecule has 1 aromatic heterocycles. The van der Waals surface area contributed by atoms with Gasteiger partial charge in [-0.25, -0.2) is 4.98 Å². The lowest BCUT2D eigenvalue weighted by atomic mass is 10.1. The van der Waals surface area contributed by atoms with Crippen molar-refractivity contribution in [2.45, 2.75) is 45.2 Å². The third-order valence-corrected chi connectivity index (χ3v) is 3.94. The molecular weight excluding hydrogens is 280 g/mol. The minimum Gasteiger partial charge on any atom is -0.333 e. The zero-order valence-electron chi connectivity index (χ0n) is 10.2. The number of hydrogen-bond donors (Lipinski definition) is 0. The molecule has 1 aliphatic rings. The van der Waals surface area contributed by atoms with Crippen LogP contribution in [0, 0.1) is 0 Å². The molecule has 0 radical (unpaired) electrons. The molecule has 1 amide bonds. The van der Waals surface area contributed by atoms with Crippen molar-refractivity contribution in [3.63, 3.8) is 0 Å². The molecule has 2 unspecified atom stereocenters. The van der Waals surface area contributed by atoms with Gasteiger partial charge in [-0.15, -0.1) is 0 Å². The number of aromatic nitrogens is 1. The van der Waals surface area contributed by atoms with Crippen molar-refractivity contribution in [3.8, 4) is 0 Å². The molecule has 1 saturated heterocycles. The lowest BCUT2D eigenvalue weighted by Crippen LogP contribution is -2.39. The van der Waals surface area contributed by atoms with Gasteiger partial charge in [0.25, 0.3) is 5.91 Å². The van der Waals surface area contributed by atoms with Crippen LogP contribution in [0.2, 0.25) is 0 Å². The first kappa shape index (κ1) is 12.6. The first-order valence-electron chi connectivity index (χ1n) is 6.07. The lowest BCUT2D eigenvalue weighted by Gasteiger charge is -2.28. The summed E-state index contributed by atoms with van der Waals surface area (Å²) < 4.78 is 0.760. The van der Waals surface area contributed by atoms with Gasteiger partial charge in [0.1, 0.15) is 4.60 Å². The minimum absolute atomic E-state index is 0.113. The van der Waals surface area contributed by atoms with E-state index in [0.717, 1.165) is 23.9 Å². The molecule has 0 bridgehead atoms. The van der Waals surface area contributed by atoms with E-state index in [9.17, 15) is 4.79 Å². The number of carbonyl (C=O) groups excluding carboxylic acids is 1. The summed E-state index contributed by atoms with van der Waals surface area (Å²) in [6.45, 7) is 4.27. The number of hydrogen-bond acceptors (Lipinski definition) is 2. The molecule has 0 aliphatic carbocycles. The Bertz CT molecular complexity index is 404. The summed E-state index contributed by atoms with van der Waals surface area (Å²) in [7, 11) is 0. The average Bonchev–Trinajstić information content (AvgIpc) is 2.70. The number of nitrogens with zero attached hydrogens (tertiary/aromatic N) is 2. The maximum Gasteiger partial charge on any atom is 0.255 e. The van der Waals surface area contributed by atoms with Crippen molar-refractivity contribution in [2.24, 2.45) is 0 Å². The van der Waals surface area contributed by atoms with E-state index < -0.39 is 0 Å². The van der Waals surface area contributed by atoms with E-state index in [1.807, 2.05) is 17.0 Å². The Morgan fingerprint density at radius 1 is 1.53 bits per heavy atom. The highest BCUT2D eigenvalue weighted by atomic mass is 79.9. The molecule has 1 fully saturated rings. The fraction of sp³-hybridized carbons (Fsp3) is 0.538. The highest BCUT2D eigenvalue weighted by Gasteiger charge is 2.33. The number of pyridine rings is 1. The monoisotopic (exact) mass is 296 g/mol. The van der Waals surface area contributed by atoms with Crippen LogP contribution >= 0.6 is 15.9 Å². The largest absolute Gasteiger partial charge is 0.333 e. The Morgan fingerprint density at radius 2 is 2.29 bits per heavy atom. The molecule has 0 saturated carbocycles. The van der Waals surface area contributed by atoms with Gasteiger partial charge in [-0.2, -0.15) is 0 Å². The third-order valence-electron chi connectivity index (χ3n) is 3.47. The molecule has 0 aromatic carbocycles. The van der Waals surface area contributed by atoms with Gasteiger partial charge in [-0.1, -0.05) is 6.92 Å². The number of rotatable bonds is 2. The van der Waals surface area contributed by atoms with Crippen molar-refractivity contribution in [2.75, 3.05) is 0 Å². The minimum atomic E-state index is 0.113. The van der Waals surface area contributed by atoms with Crippen LogP contribution in [0.15, 0.2) is 22.9 Å². The van der Waals surface area contributed by atoms with Crippen LogP contribution < -0.4 is 0 Å². The summed E-state index contributed by atoms with van der Waals surface area (Å²) in [6.07, 6.45) is 4.89. The average molecular weight is 297 g/mol. The van der Waals surface area contributed by atoms with E-state index >= 15 is 0 Å². The first-order chi connectivity index (χ1) is 8.13. The van der Waals surface area contributed by atoms with Crippen molar-refractivity contribution < 1.29 is 4.79 Å². The molecule has 1 aliphatic heterocycles. The normalized spacial score (nSPS) is 24.1. The van der Waals surface area contributed by atoms with Crippen LogP contribution in [0.1, 0.15) is 43.5 Å². The number of halogens is 1. The lowest BCUT2D eigenvalue weighted by molar-refractivity contribution is 0.0676. The predicted molar refractivity (Wildman–Crippen MR) is 70.9 cm³/mol. The Hall–Kier alpha value is -0.900. The van der Waals surface area contributed by atoms with Gasteiger partial charge < -0.3 is 4.90 Å². The smallest absolute Gasteiger partial charge is 0.255 e. The Balaban J connectivity index is 2.21. The van der Waals surface area contributed by atoms with Crippen molar-refractivity contribution in [1.29, 1.82) is 0 Å². The SMILES string of the molecule is CCC1CCC(C)N1C(=O)c1ccc(Br)nc1. The zero-order valence-corrected chi connectivity index (χ0v) is 11.8. The topological polar surface area (TPSA) is 33.2 Å². The molecule has 3 nitrogen and oxygen atoms in total. The van der Waals surface area contributed by atoms with Crippen LogP contribution in [0.3, 0.4) is 0 Å². The number of likely N-dealkylation sites (tertiary alicyclic amines) is 1. The summed E-state index contributed by atoms with van der Waals surface area (Å²) in [6, 6.07) is 4.38. The summed E-state index contributed by atoms with van der Waals surface area (Å²) in [5, 5.41) is 0. The predicted octanol–water partition coefficient (Wildman–Crippen LogP) is 3.25. The van der Waals surface area contributed by atoms with Crippen LogP contribution in [0.5, 0.6) is 0 Å². The second-order valence-corrected chi connectivity index (χ2v) is 5.38. The molecule has 2 atom stereocenters. The highest BCUT2D eigenvalue weighted by Crippen LogP contribution is 2.27. The van der Waals surface area contributed by atoms with E-state index in [0.29, 0.717) is 17.6 Å². The molecule has 0 N–H and O–H groups in total. The standard InChI is InChI=1S/C13H17BrN2O/c1-3-11-6-4-9(2)16(11)13(17)10-5-7-12(14)15-8-10/h5,7-9,11H,3-4,6H2,1-2H3. The third kappa shape index (κ3) is 2.51. The molecule has 0 spiro atoms. The summed E-state index contributed by atoms with van der Waals surface area (Å²) in [4.78, 5) is 18.5. The van der Waals surface area contributed by atoms with Gasteiger partial charge in [0.2, 0.25) is 0 Å². The van der Waals surface area contributed by atoms with Crippen molar-refractivity contribution in [3.05, 3.63) is 28.5 Å². The molecule has 17 heavy (non-hydrogen) atoms. The number of carbonyl (C=O) groups is 1. The van der Waals surface area contributed by atoms with Gasteiger partial charge in [-0.3, -0.25) is 4.79 Å². The van der Waals surface area contributed by atoms with Gasteiger partial charge >= 0.3 is 0 Å². The van der Waals surface area contributed by atoms with Crippen molar-refractivity contribution in [1.82, 2.24) is 9.88 Å². The molecule has 1 aromatic rings. The van der Waals surface area contributed by atoms with E-state index in [2.05, 4.69) is 34.8 Å². The van der Waals surface area contributed by atoms with E-state index in [-0.39, 0.29) is 5.91 Å². The van der Waals surface area contributed by atoms with Gasteiger partial charge in [0.05, 0.1) is 5.56 Å². The van der Waals surface area contributed by atoms with Gasteiger partial charge in [-0.05, 0) is 54.2 Å². The quantitative estimate of drug-likeness (QED) is 0.785. The zero-order chi connectivity index (χ0) is 12.4. The highest BCUT2D eigenvalue weighted by molar-refractivity contribution is 9.10. The van der Waals surface area contributed by atoms with Gasteiger partial charge in [0.15, 0.2) is 0 Å². The molecule has 4 heteroatoms. The van der Waals surface area contributed by atoms with Crippen LogP contribution in [0.4, 0.5) is 0 Å². The fourth-order valence-corrected chi connectivity index (χ4v) is 2.72. The second-order valence-electron chi connectivity index (χ2n) is 4.57. The van der Waals surface area contributed by atoms with Crippen LogP contribution in [-0.2, 0) is 0 Å². The van der Waals surface area contributed by atoms with E-state index in [4.69, 9.17) is 0 Å². The summed E-state index contributed by atoms with van der Waals surface area (Å²) >= 11 is 3.28. The van der Waals surface area contributed by atoms with E-state index in [1.165, 1.54) is 0 Å². The molecule has 2 rings (SSSR count). The maximum atomic E-state index is 12.4. The maximum absolute atomic E-state index is 12.4. The first-order valence-corrected chi connectivity index (χ1v) is 6.87. The van der Waals surface area contributed by atoms with Crippen LogP contribution in [-0.4, -0.2) is 27.9 Å². The molecular formula is C13H17BrN2O. The Kier molecular flexibility index (Phi) is 3.82. The van der Waals surface area contributed by atoms with Crippen molar-refractivity contribution >= 4 is 21.8 Å². The Labute approximate surface area is 110 Å².